The molecule has 0 spiro atoms. The minimum absolute atomic E-state index is 0.0652. The molecule has 2 rings (SSSR count). The van der Waals surface area contributed by atoms with Crippen LogP contribution in [0.4, 0.5) is 13.2 Å². The Bertz CT molecular complexity index is 452. The number of benzene rings is 1. The van der Waals surface area contributed by atoms with E-state index in [0.29, 0.717) is 30.3 Å². The summed E-state index contributed by atoms with van der Waals surface area (Å²) >= 11 is 0. The summed E-state index contributed by atoms with van der Waals surface area (Å²) in [4.78, 5) is 0. The second-order valence-corrected chi connectivity index (χ2v) is 4.54. The van der Waals surface area contributed by atoms with E-state index >= 15 is 0 Å². The number of halogens is 3. The first-order valence-corrected chi connectivity index (χ1v) is 6.39. The molecule has 0 amide bonds. The van der Waals surface area contributed by atoms with Crippen LogP contribution < -0.4 is 20.5 Å². The van der Waals surface area contributed by atoms with Crippen LogP contribution in [0.25, 0.3) is 0 Å². The lowest BCUT2D eigenvalue weighted by Gasteiger charge is -2.19. The normalized spacial score (nSPS) is 16.6. The van der Waals surface area contributed by atoms with Gasteiger partial charge in [0.15, 0.2) is 11.5 Å². The van der Waals surface area contributed by atoms with Crippen molar-refractivity contribution in [3.8, 4) is 11.5 Å². The van der Waals surface area contributed by atoms with Crippen LogP contribution in [-0.2, 0) is 0 Å². The summed E-state index contributed by atoms with van der Waals surface area (Å²) in [5, 5.41) is 2.40. The lowest BCUT2D eigenvalue weighted by Crippen LogP contribution is -2.35. The van der Waals surface area contributed by atoms with Gasteiger partial charge in [-0.25, -0.2) is 0 Å². The zero-order valence-electron chi connectivity index (χ0n) is 10.9. The monoisotopic (exact) mass is 290 g/mol. The van der Waals surface area contributed by atoms with Gasteiger partial charge in [0.25, 0.3) is 0 Å². The zero-order chi connectivity index (χ0) is 14.6. The number of rotatable bonds is 4. The number of fused-ring (bicyclic) bond motifs is 1. The lowest BCUT2D eigenvalue weighted by molar-refractivity contribution is -0.126. The van der Waals surface area contributed by atoms with Crippen molar-refractivity contribution >= 4 is 0 Å². The number of hydrogen-bond donors (Lipinski definition) is 2. The molecule has 1 aliphatic rings. The third-order valence-corrected chi connectivity index (χ3v) is 2.96. The molecule has 1 aliphatic heterocycles. The molecule has 1 atom stereocenters. The first kappa shape index (κ1) is 14.9. The minimum atomic E-state index is -4.27. The molecule has 1 unspecified atom stereocenters. The Morgan fingerprint density at radius 2 is 1.90 bits per heavy atom. The summed E-state index contributed by atoms with van der Waals surface area (Å²) in [6.07, 6.45) is -3.49. The molecule has 1 heterocycles. The third kappa shape index (κ3) is 4.01. The van der Waals surface area contributed by atoms with Crippen LogP contribution in [0.3, 0.4) is 0 Å². The Labute approximate surface area is 115 Å². The van der Waals surface area contributed by atoms with Gasteiger partial charge in [-0.1, -0.05) is 6.07 Å². The Hall–Kier alpha value is -1.47. The molecule has 0 bridgehead atoms. The highest BCUT2D eigenvalue weighted by Gasteiger charge is 2.28. The van der Waals surface area contributed by atoms with Crippen LogP contribution in [-0.4, -0.2) is 32.5 Å². The molecule has 0 saturated heterocycles. The van der Waals surface area contributed by atoms with Crippen LogP contribution in [0.5, 0.6) is 11.5 Å². The molecule has 1 aromatic carbocycles. The van der Waals surface area contributed by atoms with E-state index in [1.165, 1.54) is 0 Å². The van der Waals surface area contributed by atoms with Crippen LogP contribution in [0.15, 0.2) is 18.2 Å². The van der Waals surface area contributed by atoms with E-state index in [4.69, 9.17) is 15.2 Å². The van der Waals surface area contributed by atoms with E-state index in [2.05, 4.69) is 5.32 Å². The number of ether oxygens (including phenoxy) is 2. The van der Waals surface area contributed by atoms with Crippen molar-refractivity contribution < 1.29 is 22.6 Å². The minimum Gasteiger partial charge on any atom is -0.490 e. The Morgan fingerprint density at radius 1 is 1.20 bits per heavy atom. The van der Waals surface area contributed by atoms with Crippen LogP contribution in [0.2, 0.25) is 0 Å². The van der Waals surface area contributed by atoms with Gasteiger partial charge in [-0.2, -0.15) is 13.2 Å². The first-order valence-electron chi connectivity index (χ1n) is 6.39. The topological polar surface area (TPSA) is 56.5 Å². The Balaban J connectivity index is 2.12. The quantitative estimate of drug-likeness (QED) is 0.890. The SMILES string of the molecule is NCC(NCC(F)(F)F)c1ccc2c(c1)OCCCO2. The van der Waals surface area contributed by atoms with Crippen molar-refractivity contribution in [1.29, 1.82) is 0 Å². The summed E-state index contributed by atoms with van der Waals surface area (Å²) in [7, 11) is 0. The molecule has 20 heavy (non-hydrogen) atoms. The molecule has 4 nitrogen and oxygen atoms in total. The van der Waals surface area contributed by atoms with Crippen LogP contribution >= 0.6 is 0 Å². The van der Waals surface area contributed by atoms with Crippen LogP contribution in [0, 0.1) is 0 Å². The molecular weight excluding hydrogens is 273 g/mol. The van der Waals surface area contributed by atoms with Gasteiger partial charge in [-0.3, -0.25) is 0 Å². The van der Waals surface area contributed by atoms with Crippen molar-refractivity contribution in [1.82, 2.24) is 5.32 Å². The van der Waals surface area contributed by atoms with Gasteiger partial charge in [-0.05, 0) is 17.7 Å². The molecule has 0 saturated carbocycles. The average Bonchev–Trinajstić information content (AvgIpc) is 2.62. The smallest absolute Gasteiger partial charge is 0.401 e. The van der Waals surface area contributed by atoms with E-state index in [0.717, 1.165) is 6.42 Å². The average molecular weight is 290 g/mol. The van der Waals surface area contributed by atoms with E-state index in [9.17, 15) is 13.2 Å². The molecule has 3 N–H and O–H groups in total. The van der Waals surface area contributed by atoms with Crippen molar-refractivity contribution in [2.45, 2.75) is 18.6 Å². The largest absolute Gasteiger partial charge is 0.490 e. The molecule has 7 heteroatoms. The van der Waals surface area contributed by atoms with Crippen molar-refractivity contribution in [2.24, 2.45) is 5.73 Å². The maximum atomic E-state index is 12.2. The summed E-state index contributed by atoms with van der Waals surface area (Å²) in [5.41, 5.74) is 6.19. The molecular formula is C13H17F3N2O2. The molecule has 112 valence electrons. The van der Waals surface area contributed by atoms with Gasteiger partial charge in [0.05, 0.1) is 19.8 Å². The fraction of sp³-hybridized carbons (Fsp3) is 0.538. The summed E-state index contributed by atoms with van der Waals surface area (Å²) in [6, 6.07) is 4.51. The molecule has 0 fully saturated rings. The number of nitrogens with two attached hydrogens (primary N) is 1. The second-order valence-electron chi connectivity index (χ2n) is 4.54. The Kier molecular flexibility index (Phi) is 4.72. The van der Waals surface area contributed by atoms with E-state index in [1.54, 1.807) is 18.2 Å². The number of alkyl halides is 3. The van der Waals surface area contributed by atoms with Gasteiger partial charge in [0, 0.05) is 19.0 Å². The van der Waals surface area contributed by atoms with Gasteiger partial charge >= 0.3 is 6.18 Å². The molecule has 0 aliphatic carbocycles. The fourth-order valence-corrected chi connectivity index (χ4v) is 1.97. The highest BCUT2D eigenvalue weighted by atomic mass is 19.4. The predicted octanol–water partition coefficient (Wildman–Crippen LogP) is 2.00. The standard InChI is InChI=1S/C13H17F3N2O2/c14-13(15,16)8-18-10(7-17)9-2-3-11-12(6-9)20-5-1-4-19-11/h2-3,6,10,18H,1,4-5,7-8,17H2. The van der Waals surface area contributed by atoms with Crippen molar-refractivity contribution in [3.63, 3.8) is 0 Å². The fourth-order valence-electron chi connectivity index (χ4n) is 1.97. The number of nitrogens with one attached hydrogen (secondary N) is 1. The second kappa shape index (κ2) is 6.32. The summed E-state index contributed by atoms with van der Waals surface area (Å²) in [6.45, 7) is 0.0811. The molecule has 0 radical (unpaired) electrons. The third-order valence-electron chi connectivity index (χ3n) is 2.96. The van der Waals surface area contributed by atoms with E-state index < -0.39 is 18.8 Å². The van der Waals surface area contributed by atoms with E-state index in [1.807, 2.05) is 0 Å². The molecule has 1 aromatic rings. The van der Waals surface area contributed by atoms with Gasteiger partial charge in [0.2, 0.25) is 0 Å². The van der Waals surface area contributed by atoms with Gasteiger partial charge in [-0.15, -0.1) is 0 Å². The summed E-state index contributed by atoms with van der Waals surface area (Å²) < 4.78 is 47.7. The van der Waals surface area contributed by atoms with Gasteiger partial charge < -0.3 is 20.5 Å². The first-order chi connectivity index (χ1) is 9.49. The highest BCUT2D eigenvalue weighted by Crippen LogP contribution is 2.32. The van der Waals surface area contributed by atoms with Crippen molar-refractivity contribution in [3.05, 3.63) is 23.8 Å². The summed E-state index contributed by atoms with van der Waals surface area (Å²) in [5.74, 6) is 1.16. The highest BCUT2D eigenvalue weighted by molar-refractivity contribution is 5.44. The zero-order valence-corrected chi connectivity index (χ0v) is 10.9. The maximum absolute atomic E-state index is 12.2. The maximum Gasteiger partial charge on any atom is 0.401 e. The van der Waals surface area contributed by atoms with Crippen LogP contribution in [0.1, 0.15) is 18.0 Å². The van der Waals surface area contributed by atoms with E-state index in [-0.39, 0.29) is 6.54 Å². The van der Waals surface area contributed by atoms with Crippen molar-refractivity contribution in [2.75, 3.05) is 26.3 Å². The lowest BCUT2D eigenvalue weighted by atomic mass is 10.1. The number of hydrogen-bond acceptors (Lipinski definition) is 4. The predicted molar refractivity (Wildman–Crippen MR) is 67.9 cm³/mol. The Morgan fingerprint density at radius 3 is 2.55 bits per heavy atom. The molecule has 0 aromatic heterocycles. The van der Waals surface area contributed by atoms with Gasteiger partial charge in [0.1, 0.15) is 0 Å².